The molecule has 0 aliphatic carbocycles. The Morgan fingerprint density at radius 1 is 0.333 bits per heavy atom. The Morgan fingerprint density at radius 2 is 0.787 bits per heavy atom. The molecule has 0 radical (unpaired) electrons. The van der Waals surface area contributed by atoms with Crippen LogP contribution in [-0.2, 0) is 12.8 Å². The summed E-state index contributed by atoms with van der Waals surface area (Å²) in [4.78, 5) is 0. The first kappa shape index (κ1) is 100. The van der Waals surface area contributed by atoms with E-state index in [4.69, 9.17) is 91.0 Å². The molecule has 0 aliphatic heterocycles. The van der Waals surface area contributed by atoms with Gasteiger partial charge in [-0.05, 0) is 227 Å². The minimum atomic E-state index is -4.33. The summed E-state index contributed by atoms with van der Waals surface area (Å²) in [5.74, 6) is -1.32. The summed E-state index contributed by atoms with van der Waals surface area (Å²) in [6.45, 7) is 42.7. The molecule has 0 bridgehead atoms. The quantitative estimate of drug-likeness (QED) is 0.131. The zero-order valence-electron chi connectivity index (χ0n) is 65.8. The van der Waals surface area contributed by atoms with E-state index in [1.807, 2.05) is 114 Å². The lowest BCUT2D eigenvalue weighted by molar-refractivity contribution is -0.137. The number of methoxy groups -OCH3 is 1. The third kappa shape index (κ3) is 32.7. The Morgan fingerprint density at radius 3 is 1.17 bits per heavy atom. The van der Waals surface area contributed by atoms with Gasteiger partial charge < -0.3 is 9.84 Å². The predicted molar refractivity (Wildman–Crippen MR) is 436 cm³/mol. The van der Waals surface area contributed by atoms with Gasteiger partial charge in [0.2, 0.25) is 0 Å². The average Bonchev–Trinajstić information content (AvgIpc) is 0.807. The molecule has 0 saturated carbocycles. The zero-order chi connectivity index (χ0) is 83.3. The fraction of sp³-hybridized carbons (Fsp3) is 0.386. The zero-order valence-corrected chi connectivity index (χ0v) is 71.1. The van der Waals surface area contributed by atoms with Crippen molar-refractivity contribution in [3.8, 4) is 5.75 Å². The number of rotatable bonds is 11. The summed E-state index contributed by atoms with van der Waals surface area (Å²) in [6.07, 6.45) is -4.33. The molecule has 0 heterocycles. The van der Waals surface area contributed by atoms with E-state index in [-0.39, 0.29) is 87.7 Å². The molecule has 20 heteroatoms. The van der Waals surface area contributed by atoms with Crippen molar-refractivity contribution >= 4 is 81.2 Å². The lowest BCUT2D eigenvalue weighted by Gasteiger charge is -2.15. The first-order chi connectivity index (χ1) is 50.0. The third-order valence-corrected chi connectivity index (χ3v) is 18.7. The molecule has 0 amide bonds. The Hall–Kier alpha value is -6.00. The van der Waals surface area contributed by atoms with Gasteiger partial charge in [0.1, 0.15) is 52.3 Å². The summed E-state index contributed by atoms with van der Waals surface area (Å²) in [5, 5.41) is 12.8. The van der Waals surface area contributed by atoms with Gasteiger partial charge in [0, 0.05) is 43.4 Å². The fourth-order valence-electron chi connectivity index (χ4n) is 11.1. The molecule has 0 aromatic heterocycles. The lowest BCUT2D eigenvalue weighted by atomic mass is 9.96. The first-order valence-corrected chi connectivity index (χ1v) is 37.9. The van der Waals surface area contributed by atoms with Crippen LogP contribution in [0.3, 0.4) is 0 Å². The highest BCUT2D eigenvalue weighted by molar-refractivity contribution is 6.42. The average molecular weight is 1650 g/mol. The molecule has 9 aromatic carbocycles. The van der Waals surface area contributed by atoms with Crippen molar-refractivity contribution in [2.24, 2.45) is 0 Å². The monoisotopic (exact) mass is 1650 g/mol. The van der Waals surface area contributed by atoms with E-state index in [0.717, 1.165) is 39.4 Å². The molecule has 0 spiro atoms. The molecule has 108 heavy (non-hydrogen) atoms. The van der Waals surface area contributed by atoms with Crippen molar-refractivity contribution in [2.45, 2.75) is 218 Å². The fourth-order valence-corrected chi connectivity index (χ4v) is 13.5. The van der Waals surface area contributed by atoms with Crippen LogP contribution in [0, 0.1) is 74.2 Å². The Labute approximate surface area is 670 Å². The van der Waals surface area contributed by atoms with E-state index >= 15 is 0 Å². The standard InChI is InChI=1S/C11H12ClF3.C10H12Cl2.C10H12ClFO.C10H13Cl.C10H13FO.C10H13F.2C9H10ClF.C9H9F3/c1-6(2)10-7(3)4-8(5-9(10)12)11(13,14)15;1-6(2)9-7(3)4-5-8(11)10(9)12;1-6(2)7-4-10(13-3)8(11)5-9(7)12;1-7(2)9-5-4-8(3)6-10(9)11;1-7(2)10-8(6-12)4-3-5-9(10)11;1-7(2)10-8(3)5-4-6-9(10)11;1-6(2)8-5-7(10)3-4-9(8)11;1-6(2)9-7(10)4-3-5-8(9)11;1-5(2)9-7(11)3-6(10)4-8(9)12/h4-6H,1-3H3;4-6H,1-3H3;4-6H,1-3H3;4-7H,1-3H3;3-5,7,12H,6H2,1-2H3;4-7H,1-3H3;2*3-6H,1-2H3;3-5H,1-2H3. The highest BCUT2D eigenvalue weighted by Gasteiger charge is 2.32. The number of aliphatic hydroxyl groups excluding tert-OH is 1. The number of alkyl halides is 3. The van der Waals surface area contributed by atoms with Crippen LogP contribution in [0.1, 0.15) is 261 Å². The molecule has 0 atom stereocenters. The second-order valence-electron chi connectivity index (χ2n) is 28.2. The minimum Gasteiger partial charge on any atom is -0.495 e. The van der Waals surface area contributed by atoms with Crippen molar-refractivity contribution in [1.82, 2.24) is 0 Å². The third-order valence-electron chi connectivity index (χ3n) is 16.4. The van der Waals surface area contributed by atoms with Crippen molar-refractivity contribution in [2.75, 3.05) is 7.11 Å². The number of benzene rings is 9. The van der Waals surface area contributed by atoms with Crippen LogP contribution in [0.4, 0.5) is 48.3 Å². The molecule has 594 valence electrons. The maximum absolute atomic E-state index is 13.3. The van der Waals surface area contributed by atoms with Gasteiger partial charge in [0.15, 0.2) is 0 Å². The molecule has 9 rings (SSSR count). The van der Waals surface area contributed by atoms with Gasteiger partial charge >= 0.3 is 6.18 Å². The van der Waals surface area contributed by atoms with Crippen LogP contribution >= 0.6 is 81.2 Å². The van der Waals surface area contributed by atoms with Crippen LogP contribution < -0.4 is 4.74 Å². The van der Waals surface area contributed by atoms with Gasteiger partial charge in [-0.15, -0.1) is 0 Å². The van der Waals surface area contributed by atoms with E-state index < -0.39 is 29.2 Å². The summed E-state index contributed by atoms with van der Waals surface area (Å²) in [6, 6.07) is 35.9. The summed E-state index contributed by atoms with van der Waals surface area (Å²) >= 11 is 41.0. The minimum absolute atomic E-state index is 0.0589. The Kier molecular flexibility index (Phi) is 44.5. The summed E-state index contributed by atoms with van der Waals surface area (Å²) in [5.41, 5.74) is 10.5. The lowest BCUT2D eigenvalue weighted by Crippen LogP contribution is -2.07. The van der Waals surface area contributed by atoms with Crippen LogP contribution in [0.15, 0.2) is 140 Å². The number of halogens is 18. The van der Waals surface area contributed by atoms with Gasteiger partial charge in [-0.25, -0.2) is 35.1 Å². The number of ether oxygens (including phenoxy) is 1. The van der Waals surface area contributed by atoms with Gasteiger partial charge in [-0.1, -0.05) is 254 Å². The summed E-state index contributed by atoms with van der Waals surface area (Å²) in [7, 11) is 1.52. The Balaban J connectivity index is 0.000000608. The highest BCUT2D eigenvalue weighted by Crippen LogP contribution is 2.38. The normalized spacial score (nSPS) is 10.9. The van der Waals surface area contributed by atoms with Crippen molar-refractivity contribution in [3.63, 3.8) is 0 Å². The van der Waals surface area contributed by atoms with Gasteiger partial charge in [-0.2, -0.15) is 13.2 Å². The first-order valence-electron chi connectivity index (χ1n) is 35.3. The van der Waals surface area contributed by atoms with Gasteiger partial charge in [0.25, 0.3) is 0 Å². The molecule has 2 nitrogen and oxygen atoms in total. The van der Waals surface area contributed by atoms with Crippen LogP contribution in [0.2, 0.25) is 35.2 Å². The van der Waals surface area contributed by atoms with E-state index in [0.29, 0.717) is 88.2 Å². The maximum atomic E-state index is 13.3. The van der Waals surface area contributed by atoms with Crippen LogP contribution in [0.25, 0.3) is 0 Å². The highest BCUT2D eigenvalue weighted by atomic mass is 35.5. The SMILES string of the molecule is CC(C)c1c(F)cc(F)cc1F.CC(C)c1c(F)cccc1CO.CC(C)c1c(F)cccc1Cl.CC(C)c1cc(Cl)ccc1F.COc1cc(C(C)C)c(F)cc1Cl.Cc1cc(C(F)(F)F)cc(Cl)c1C(C)C.Cc1ccc(C(C)C)c(Cl)c1.Cc1ccc(Cl)c(Cl)c1C(C)C.Cc1cccc(F)c1C(C)C. The number of hydrogen-bond donors (Lipinski definition) is 1. The van der Waals surface area contributed by atoms with Crippen LogP contribution in [-0.4, -0.2) is 12.2 Å². The molecule has 0 unspecified atom stereocenters. The van der Waals surface area contributed by atoms with Gasteiger partial charge in [0.05, 0.1) is 34.3 Å². The molecule has 0 aliphatic rings. The number of aliphatic hydroxyl groups is 1. The molecular weight excluding hydrogens is 1550 g/mol. The molecule has 0 fully saturated rings. The topological polar surface area (TPSA) is 29.5 Å². The van der Waals surface area contributed by atoms with E-state index in [1.165, 1.54) is 54.1 Å². The molecule has 0 saturated heterocycles. The molecular formula is C88H104Cl7F11O2. The van der Waals surface area contributed by atoms with Crippen molar-refractivity contribution < 1.29 is 58.1 Å². The maximum Gasteiger partial charge on any atom is 0.416 e. The van der Waals surface area contributed by atoms with Gasteiger partial charge in [-0.3, -0.25) is 0 Å². The second-order valence-corrected chi connectivity index (χ2v) is 31.1. The van der Waals surface area contributed by atoms with Crippen molar-refractivity contribution in [3.05, 3.63) is 305 Å². The predicted octanol–water partition coefficient (Wildman–Crippen LogP) is 32.7. The molecule has 9 aromatic rings. The summed E-state index contributed by atoms with van der Waals surface area (Å²) < 4.78 is 146. The number of hydrogen-bond acceptors (Lipinski definition) is 2. The van der Waals surface area contributed by atoms with E-state index in [1.54, 1.807) is 69.3 Å². The number of aryl methyl sites for hydroxylation is 4. The smallest absolute Gasteiger partial charge is 0.416 e. The Bertz CT molecular complexity index is 4120. The van der Waals surface area contributed by atoms with E-state index in [9.17, 15) is 48.3 Å². The van der Waals surface area contributed by atoms with Crippen molar-refractivity contribution in [1.29, 1.82) is 0 Å². The van der Waals surface area contributed by atoms with E-state index in [2.05, 4.69) is 53.7 Å². The largest absolute Gasteiger partial charge is 0.495 e. The second kappa shape index (κ2) is 48.0. The molecule has 1 N–H and O–H groups in total. The van der Waals surface area contributed by atoms with Crippen LogP contribution in [0.5, 0.6) is 5.75 Å².